The number of amides is 2. The monoisotopic (exact) mass is 321 g/mol. The average Bonchev–Trinajstić information content (AvgIpc) is 2.54. The van der Waals surface area contributed by atoms with Crippen molar-refractivity contribution in [3.8, 4) is 0 Å². The van der Waals surface area contributed by atoms with Gasteiger partial charge in [-0.25, -0.2) is 9.97 Å². The summed E-state index contributed by atoms with van der Waals surface area (Å²) in [5, 5.41) is 2.75. The Morgan fingerprint density at radius 1 is 1.26 bits per heavy atom. The molecular weight excluding hydrogens is 298 g/mol. The van der Waals surface area contributed by atoms with Crippen LogP contribution in [0.15, 0.2) is 6.07 Å². The summed E-state index contributed by atoms with van der Waals surface area (Å²) in [5.74, 6) is 1.11. The maximum Gasteiger partial charge on any atom is 0.270 e. The Bertz CT molecular complexity index is 570. The standard InChI is InChI=1S/C15H23N5O3/c1-11-17-13(15(22)16-4-9-23-3)10-14(18-11)20-7-5-19(6-8-20)12(2)21/h10H,4-9H2,1-3H3,(H,16,22). The quantitative estimate of drug-likeness (QED) is 0.758. The fourth-order valence-corrected chi connectivity index (χ4v) is 2.44. The van der Waals surface area contributed by atoms with E-state index in [0.29, 0.717) is 50.8 Å². The van der Waals surface area contributed by atoms with Crippen LogP contribution in [-0.2, 0) is 9.53 Å². The molecule has 1 aliphatic rings. The van der Waals surface area contributed by atoms with E-state index in [-0.39, 0.29) is 11.8 Å². The van der Waals surface area contributed by atoms with E-state index in [1.807, 2.05) is 4.90 Å². The van der Waals surface area contributed by atoms with Crippen LogP contribution in [0.1, 0.15) is 23.2 Å². The summed E-state index contributed by atoms with van der Waals surface area (Å²) in [6.45, 7) is 6.94. The van der Waals surface area contributed by atoms with Crippen LogP contribution < -0.4 is 10.2 Å². The summed E-state index contributed by atoms with van der Waals surface area (Å²) in [4.78, 5) is 36.0. The third-order valence-electron chi connectivity index (χ3n) is 3.70. The number of piperazine rings is 1. The Kier molecular flexibility index (Phi) is 5.86. The molecule has 1 saturated heterocycles. The van der Waals surface area contributed by atoms with Crippen molar-refractivity contribution in [1.29, 1.82) is 0 Å². The summed E-state index contributed by atoms with van der Waals surface area (Å²) in [7, 11) is 1.58. The fraction of sp³-hybridized carbons (Fsp3) is 0.600. The van der Waals surface area contributed by atoms with E-state index in [9.17, 15) is 9.59 Å². The number of nitrogens with one attached hydrogen (secondary N) is 1. The molecule has 1 N–H and O–H groups in total. The number of nitrogens with zero attached hydrogens (tertiary/aromatic N) is 4. The minimum Gasteiger partial charge on any atom is -0.383 e. The lowest BCUT2D eigenvalue weighted by atomic mass is 10.2. The highest BCUT2D eigenvalue weighted by Gasteiger charge is 2.21. The zero-order valence-corrected chi connectivity index (χ0v) is 13.8. The Hall–Kier alpha value is -2.22. The van der Waals surface area contributed by atoms with Crippen LogP contribution in [0.5, 0.6) is 0 Å². The predicted molar refractivity (Wildman–Crippen MR) is 85.4 cm³/mol. The van der Waals surface area contributed by atoms with Crippen molar-refractivity contribution in [2.45, 2.75) is 13.8 Å². The molecule has 1 aliphatic heterocycles. The van der Waals surface area contributed by atoms with Gasteiger partial charge < -0.3 is 19.9 Å². The van der Waals surface area contributed by atoms with Crippen LogP contribution in [0.2, 0.25) is 0 Å². The van der Waals surface area contributed by atoms with Crippen molar-refractivity contribution in [2.24, 2.45) is 0 Å². The first-order valence-electron chi connectivity index (χ1n) is 7.64. The number of carbonyl (C=O) groups is 2. The van der Waals surface area contributed by atoms with Gasteiger partial charge >= 0.3 is 0 Å². The van der Waals surface area contributed by atoms with Gasteiger partial charge in [0.2, 0.25) is 5.91 Å². The van der Waals surface area contributed by atoms with E-state index in [0.717, 1.165) is 5.82 Å². The van der Waals surface area contributed by atoms with Gasteiger partial charge in [-0.15, -0.1) is 0 Å². The normalized spacial score (nSPS) is 14.7. The molecule has 1 aromatic rings. The molecule has 0 aromatic carbocycles. The molecule has 23 heavy (non-hydrogen) atoms. The van der Waals surface area contributed by atoms with Crippen LogP contribution >= 0.6 is 0 Å². The van der Waals surface area contributed by atoms with Crippen molar-refractivity contribution in [1.82, 2.24) is 20.2 Å². The van der Waals surface area contributed by atoms with Crippen molar-refractivity contribution in [3.05, 3.63) is 17.6 Å². The molecule has 0 radical (unpaired) electrons. The van der Waals surface area contributed by atoms with E-state index in [1.165, 1.54) is 0 Å². The Morgan fingerprint density at radius 2 is 1.96 bits per heavy atom. The molecule has 0 unspecified atom stereocenters. The SMILES string of the molecule is COCCNC(=O)c1cc(N2CCN(C(C)=O)CC2)nc(C)n1. The Labute approximate surface area is 135 Å². The minimum atomic E-state index is -0.240. The van der Waals surface area contributed by atoms with E-state index in [2.05, 4.69) is 20.2 Å². The van der Waals surface area contributed by atoms with Crippen molar-refractivity contribution >= 4 is 17.6 Å². The number of hydrogen-bond donors (Lipinski definition) is 1. The van der Waals surface area contributed by atoms with Gasteiger partial charge in [0.05, 0.1) is 6.61 Å². The zero-order chi connectivity index (χ0) is 16.8. The predicted octanol–water partition coefficient (Wildman–Crippen LogP) is -0.170. The van der Waals surface area contributed by atoms with Crippen molar-refractivity contribution in [2.75, 3.05) is 51.3 Å². The summed E-state index contributed by atoms with van der Waals surface area (Å²) >= 11 is 0. The highest BCUT2D eigenvalue weighted by atomic mass is 16.5. The highest BCUT2D eigenvalue weighted by molar-refractivity contribution is 5.93. The number of aryl methyl sites for hydroxylation is 1. The topological polar surface area (TPSA) is 87.7 Å². The molecule has 2 heterocycles. The van der Waals surface area contributed by atoms with Crippen LogP contribution in [0, 0.1) is 6.92 Å². The van der Waals surface area contributed by atoms with E-state index < -0.39 is 0 Å². The van der Waals surface area contributed by atoms with E-state index in [1.54, 1.807) is 27.0 Å². The smallest absolute Gasteiger partial charge is 0.270 e. The van der Waals surface area contributed by atoms with Crippen LogP contribution in [0.25, 0.3) is 0 Å². The molecule has 0 atom stereocenters. The first kappa shape index (κ1) is 17.1. The third-order valence-corrected chi connectivity index (χ3v) is 3.70. The zero-order valence-electron chi connectivity index (χ0n) is 13.8. The van der Waals surface area contributed by atoms with Gasteiger partial charge in [-0.2, -0.15) is 0 Å². The van der Waals surface area contributed by atoms with Crippen molar-refractivity contribution in [3.63, 3.8) is 0 Å². The van der Waals surface area contributed by atoms with Gasteiger partial charge in [-0.1, -0.05) is 0 Å². The molecule has 0 spiro atoms. The molecule has 0 aliphatic carbocycles. The number of ether oxygens (including phenoxy) is 1. The molecule has 8 heteroatoms. The molecule has 1 aromatic heterocycles. The van der Waals surface area contributed by atoms with E-state index >= 15 is 0 Å². The number of hydrogen-bond acceptors (Lipinski definition) is 6. The Morgan fingerprint density at radius 3 is 2.57 bits per heavy atom. The first-order chi connectivity index (χ1) is 11.0. The average molecular weight is 321 g/mol. The van der Waals surface area contributed by atoms with Gasteiger partial charge in [0, 0.05) is 52.8 Å². The lowest BCUT2D eigenvalue weighted by Crippen LogP contribution is -2.48. The molecule has 0 saturated carbocycles. The van der Waals surface area contributed by atoms with Gasteiger partial charge in [-0.05, 0) is 6.92 Å². The number of methoxy groups -OCH3 is 1. The van der Waals surface area contributed by atoms with Gasteiger partial charge in [0.25, 0.3) is 5.91 Å². The van der Waals surface area contributed by atoms with E-state index in [4.69, 9.17) is 4.74 Å². The van der Waals surface area contributed by atoms with Crippen LogP contribution in [0.3, 0.4) is 0 Å². The summed E-state index contributed by atoms with van der Waals surface area (Å²) in [6, 6.07) is 1.69. The summed E-state index contributed by atoms with van der Waals surface area (Å²) in [5.41, 5.74) is 0.345. The highest BCUT2D eigenvalue weighted by Crippen LogP contribution is 2.15. The van der Waals surface area contributed by atoms with Gasteiger partial charge in [0.15, 0.2) is 0 Å². The molecule has 0 bridgehead atoms. The van der Waals surface area contributed by atoms with Crippen LogP contribution in [-0.4, -0.2) is 73.1 Å². The molecular formula is C15H23N5O3. The minimum absolute atomic E-state index is 0.0849. The molecule has 2 rings (SSSR count). The fourth-order valence-electron chi connectivity index (χ4n) is 2.44. The Balaban J connectivity index is 2.05. The van der Waals surface area contributed by atoms with Gasteiger partial charge in [-0.3, -0.25) is 9.59 Å². The second-order valence-electron chi connectivity index (χ2n) is 5.40. The summed E-state index contributed by atoms with van der Waals surface area (Å²) in [6.07, 6.45) is 0. The van der Waals surface area contributed by atoms with Crippen molar-refractivity contribution < 1.29 is 14.3 Å². The van der Waals surface area contributed by atoms with Gasteiger partial charge in [0.1, 0.15) is 17.3 Å². The van der Waals surface area contributed by atoms with Crippen LogP contribution in [0.4, 0.5) is 5.82 Å². The lowest BCUT2D eigenvalue weighted by Gasteiger charge is -2.35. The molecule has 8 nitrogen and oxygen atoms in total. The molecule has 126 valence electrons. The number of anilines is 1. The number of aromatic nitrogens is 2. The molecule has 1 fully saturated rings. The first-order valence-corrected chi connectivity index (χ1v) is 7.64. The molecule has 2 amide bonds. The maximum absolute atomic E-state index is 12.1. The third kappa shape index (κ3) is 4.62. The maximum atomic E-state index is 12.1. The second-order valence-corrected chi connectivity index (χ2v) is 5.40. The number of rotatable bonds is 5. The lowest BCUT2D eigenvalue weighted by molar-refractivity contribution is -0.129. The largest absolute Gasteiger partial charge is 0.383 e. The number of carbonyl (C=O) groups excluding carboxylic acids is 2. The summed E-state index contributed by atoms with van der Waals surface area (Å²) < 4.78 is 4.91. The second kappa shape index (κ2) is 7.87.